The monoisotopic (exact) mass is 476 g/mol. The third kappa shape index (κ3) is 3.24. The average molecular weight is 478 g/mol. The summed E-state index contributed by atoms with van der Waals surface area (Å²) >= 11 is 9.52. The third-order valence-electron chi connectivity index (χ3n) is 4.79. The van der Waals surface area contributed by atoms with E-state index < -0.39 is 0 Å². The maximum atomic E-state index is 13.5. The maximum absolute atomic E-state index is 13.5. The Morgan fingerprint density at radius 1 is 0.833 bits per heavy atom. The van der Waals surface area contributed by atoms with Gasteiger partial charge in [0.2, 0.25) is 0 Å². The summed E-state index contributed by atoms with van der Waals surface area (Å²) < 4.78 is 4.33. The molecular formula is C23H14BrClN4O. The van der Waals surface area contributed by atoms with E-state index in [1.165, 1.54) is 0 Å². The Kier molecular flexibility index (Phi) is 4.73. The lowest BCUT2D eigenvalue weighted by molar-refractivity contribution is 0.961. The van der Waals surface area contributed by atoms with Crippen LogP contribution in [0.25, 0.3) is 33.9 Å². The van der Waals surface area contributed by atoms with Crippen molar-refractivity contribution < 1.29 is 0 Å². The van der Waals surface area contributed by atoms with Gasteiger partial charge in [0, 0.05) is 20.7 Å². The molecule has 0 aliphatic heterocycles. The standard InChI is InChI=1S/C23H14BrClN4O/c24-16-8-12-19(13-9-16)29-21(15-6-10-17(25)11-7-15)27-22-20(23(29)30)26-14-28(22)18-4-2-1-3-5-18/h1-14H. The van der Waals surface area contributed by atoms with E-state index in [0.29, 0.717) is 27.7 Å². The number of nitrogens with zero attached hydrogens (tertiary/aromatic N) is 4. The highest BCUT2D eigenvalue weighted by molar-refractivity contribution is 9.10. The second-order valence-electron chi connectivity index (χ2n) is 6.68. The lowest BCUT2D eigenvalue weighted by Gasteiger charge is -2.13. The van der Waals surface area contributed by atoms with Crippen LogP contribution in [0.4, 0.5) is 0 Å². The van der Waals surface area contributed by atoms with Crippen LogP contribution in [-0.2, 0) is 0 Å². The summed E-state index contributed by atoms with van der Waals surface area (Å²) in [5, 5.41) is 0.617. The number of rotatable bonds is 3. The molecule has 0 saturated carbocycles. The van der Waals surface area contributed by atoms with Gasteiger partial charge in [0.15, 0.2) is 11.2 Å². The first-order chi connectivity index (χ1) is 14.6. The van der Waals surface area contributed by atoms with Gasteiger partial charge in [-0.05, 0) is 60.7 Å². The molecule has 0 N–H and O–H groups in total. The molecule has 0 spiro atoms. The predicted molar refractivity (Wildman–Crippen MR) is 123 cm³/mol. The molecule has 0 radical (unpaired) electrons. The van der Waals surface area contributed by atoms with Gasteiger partial charge < -0.3 is 0 Å². The summed E-state index contributed by atoms with van der Waals surface area (Å²) in [5.41, 5.74) is 2.94. The molecule has 0 saturated heterocycles. The van der Waals surface area contributed by atoms with Crippen molar-refractivity contribution in [3.8, 4) is 22.8 Å². The molecule has 5 aromatic rings. The highest BCUT2D eigenvalue weighted by atomic mass is 79.9. The number of hydrogen-bond donors (Lipinski definition) is 0. The fourth-order valence-corrected chi connectivity index (χ4v) is 3.74. The number of fused-ring (bicyclic) bond motifs is 1. The van der Waals surface area contributed by atoms with Crippen LogP contribution in [0.15, 0.2) is 94.5 Å². The number of benzene rings is 3. The minimum atomic E-state index is -0.234. The van der Waals surface area contributed by atoms with E-state index in [2.05, 4.69) is 20.9 Å². The van der Waals surface area contributed by atoms with Crippen LogP contribution in [-0.4, -0.2) is 19.1 Å². The van der Waals surface area contributed by atoms with E-state index in [4.69, 9.17) is 16.6 Å². The zero-order chi connectivity index (χ0) is 20.7. The molecule has 7 heteroatoms. The summed E-state index contributed by atoms with van der Waals surface area (Å²) in [6, 6.07) is 24.5. The average Bonchev–Trinajstić information content (AvgIpc) is 3.20. The molecule has 0 atom stereocenters. The largest absolute Gasteiger partial charge is 0.286 e. The van der Waals surface area contributed by atoms with Crippen LogP contribution in [0.5, 0.6) is 0 Å². The number of para-hydroxylation sites is 1. The molecular weight excluding hydrogens is 464 g/mol. The minimum absolute atomic E-state index is 0.234. The molecule has 3 aromatic carbocycles. The van der Waals surface area contributed by atoms with Gasteiger partial charge in [0.1, 0.15) is 12.2 Å². The molecule has 0 unspecified atom stereocenters. The van der Waals surface area contributed by atoms with E-state index in [0.717, 1.165) is 15.7 Å². The van der Waals surface area contributed by atoms with Crippen molar-refractivity contribution in [2.75, 3.05) is 0 Å². The molecule has 0 fully saturated rings. The highest BCUT2D eigenvalue weighted by Crippen LogP contribution is 2.25. The van der Waals surface area contributed by atoms with Crippen molar-refractivity contribution in [1.82, 2.24) is 19.1 Å². The molecule has 5 rings (SSSR count). The van der Waals surface area contributed by atoms with Crippen molar-refractivity contribution in [1.29, 1.82) is 0 Å². The normalized spacial score (nSPS) is 11.1. The van der Waals surface area contributed by atoms with Gasteiger partial charge in [-0.15, -0.1) is 0 Å². The molecule has 146 valence electrons. The van der Waals surface area contributed by atoms with Crippen LogP contribution in [0.1, 0.15) is 0 Å². The van der Waals surface area contributed by atoms with E-state index in [1.807, 2.05) is 71.3 Å². The second-order valence-corrected chi connectivity index (χ2v) is 8.03. The quantitative estimate of drug-likeness (QED) is 0.337. The van der Waals surface area contributed by atoms with Gasteiger partial charge in [0.05, 0.1) is 5.69 Å². The second kappa shape index (κ2) is 7.55. The molecule has 0 aliphatic rings. The van der Waals surface area contributed by atoms with Gasteiger partial charge in [-0.2, -0.15) is 0 Å². The number of halogens is 2. The lowest BCUT2D eigenvalue weighted by atomic mass is 10.2. The maximum Gasteiger partial charge on any atom is 0.286 e. The van der Waals surface area contributed by atoms with Crippen LogP contribution < -0.4 is 5.56 Å². The molecule has 30 heavy (non-hydrogen) atoms. The van der Waals surface area contributed by atoms with E-state index in [-0.39, 0.29) is 5.56 Å². The van der Waals surface area contributed by atoms with E-state index in [9.17, 15) is 4.79 Å². The lowest BCUT2D eigenvalue weighted by Crippen LogP contribution is -2.22. The fourth-order valence-electron chi connectivity index (χ4n) is 3.35. The Hall–Kier alpha value is -3.22. The first-order valence-corrected chi connectivity index (χ1v) is 10.4. The Labute approximate surface area is 185 Å². The summed E-state index contributed by atoms with van der Waals surface area (Å²) in [5.74, 6) is 0.518. The predicted octanol–water partition coefficient (Wildman–Crippen LogP) is 5.65. The third-order valence-corrected chi connectivity index (χ3v) is 5.57. The smallest absolute Gasteiger partial charge is 0.283 e. The van der Waals surface area contributed by atoms with Crippen molar-refractivity contribution in [3.63, 3.8) is 0 Å². The summed E-state index contributed by atoms with van der Waals surface area (Å²) in [6.07, 6.45) is 1.63. The summed E-state index contributed by atoms with van der Waals surface area (Å²) in [7, 11) is 0. The van der Waals surface area contributed by atoms with E-state index >= 15 is 0 Å². The van der Waals surface area contributed by atoms with Gasteiger partial charge in [-0.1, -0.05) is 45.7 Å². The Morgan fingerprint density at radius 2 is 1.53 bits per heavy atom. The zero-order valence-corrected chi connectivity index (χ0v) is 17.9. The fraction of sp³-hybridized carbons (Fsp3) is 0. The number of imidazole rings is 1. The SMILES string of the molecule is O=c1c2ncn(-c3ccccc3)c2nc(-c2ccc(Cl)cc2)n1-c1ccc(Br)cc1. The first kappa shape index (κ1) is 18.8. The molecule has 2 heterocycles. The van der Waals surface area contributed by atoms with Crippen molar-refractivity contribution >= 4 is 38.7 Å². The van der Waals surface area contributed by atoms with Gasteiger partial charge in [-0.3, -0.25) is 13.9 Å². The number of aromatic nitrogens is 4. The summed E-state index contributed by atoms with van der Waals surface area (Å²) in [4.78, 5) is 22.8. The summed E-state index contributed by atoms with van der Waals surface area (Å²) in [6.45, 7) is 0. The van der Waals surface area contributed by atoms with Crippen LogP contribution in [0.3, 0.4) is 0 Å². The van der Waals surface area contributed by atoms with Crippen molar-refractivity contribution in [2.24, 2.45) is 0 Å². The van der Waals surface area contributed by atoms with Gasteiger partial charge >= 0.3 is 0 Å². The molecule has 5 nitrogen and oxygen atoms in total. The van der Waals surface area contributed by atoms with Crippen LogP contribution in [0, 0.1) is 0 Å². The Bertz CT molecular complexity index is 1410. The minimum Gasteiger partial charge on any atom is -0.283 e. The Morgan fingerprint density at radius 3 is 2.23 bits per heavy atom. The van der Waals surface area contributed by atoms with Crippen molar-refractivity contribution in [2.45, 2.75) is 0 Å². The van der Waals surface area contributed by atoms with Gasteiger partial charge in [0.25, 0.3) is 5.56 Å². The molecule has 0 aliphatic carbocycles. The Balaban J connectivity index is 1.85. The number of hydrogen-bond acceptors (Lipinski definition) is 3. The zero-order valence-electron chi connectivity index (χ0n) is 15.5. The van der Waals surface area contributed by atoms with Crippen molar-refractivity contribution in [3.05, 3.63) is 105 Å². The topological polar surface area (TPSA) is 52.7 Å². The van der Waals surface area contributed by atoms with Crippen LogP contribution in [0.2, 0.25) is 5.02 Å². The highest BCUT2D eigenvalue weighted by Gasteiger charge is 2.18. The van der Waals surface area contributed by atoms with Gasteiger partial charge in [-0.25, -0.2) is 9.97 Å². The molecule has 0 bridgehead atoms. The van der Waals surface area contributed by atoms with E-state index in [1.54, 1.807) is 23.0 Å². The molecule has 2 aromatic heterocycles. The molecule has 0 amide bonds. The van der Waals surface area contributed by atoms with Crippen LogP contribution >= 0.6 is 27.5 Å². The first-order valence-electron chi connectivity index (χ1n) is 9.19.